The van der Waals surface area contributed by atoms with Gasteiger partial charge in [0.15, 0.2) is 0 Å². The molecule has 6 heteroatoms. The van der Waals surface area contributed by atoms with E-state index in [9.17, 15) is 9.59 Å². The quantitative estimate of drug-likeness (QED) is 0.813. The number of likely N-dealkylation sites (tertiary alicyclic amines) is 2. The monoisotopic (exact) mass is 365 g/mol. The molecule has 0 bridgehead atoms. The molecule has 0 unspecified atom stereocenters. The van der Waals surface area contributed by atoms with Gasteiger partial charge in [-0.25, -0.2) is 0 Å². The predicted molar refractivity (Wildman–Crippen MR) is 99.9 cm³/mol. The summed E-state index contributed by atoms with van der Waals surface area (Å²) < 4.78 is 5.92. The van der Waals surface area contributed by atoms with E-state index in [-0.39, 0.29) is 23.8 Å². The third-order valence-electron chi connectivity index (χ3n) is 5.11. The lowest BCUT2D eigenvalue weighted by atomic mass is 10.0. The molecule has 0 aliphatic carbocycles. The molecule has 3 heterocycles. The number of rotatable bonds is 5. The van der Waals surface area contributed by atoms with Gasteiger partial charge in [-0.1, -0.05) is 18.2 Å². The average Bonchev–Trinajstić information content (AvgIpc) is 2.99. The lowest BCUT2D eigenvalue weighted by molar-refractivity contribution is -0.144. The molecule has 2 aromatic rings. The van der Waals surface area contributed by atoms with E-state index in [4.69, 9.17) is 4.74 Å². The van der Waals surface area contributed by atoms with Crippen LogP contribution in [0, 0.1) is 12.8 Å². The van der Waals surface area contributed by atoms with Crippen LogP contribution in [0.2, 0.25) is 0 Å². The van der Waals surface area contributed by atoms with E-state index in [1.54, 1.807) is 22.2 Å². The molecule has 1 aromatic heterocycles. The number of hydrogen-bond acceptors (Lipinski definition) is 4. The molecule has 1 aromatic carbocycles. The van der Waals surface area contributed by atoms with Gasteiger partial charge in [0, 0.05) is 31.9 Å². The number of carbonyl (C=O) groups excluding carboxylic acids is 2. The fourth-order valence-electron chi connectivity index (χ4n) is 3.63. The number of aryl methyl sites for hydroxylation is 1. The summed E-state index contributed by atoms with van der Waals surface area (Å²) in [6.45, 7) is 4.18. The Hall–Kier alpha value is -2.89. The van der Waals surface area contributed by atoms with Crippen LogP contribution in [0.5, 0.6) is 5.75 Å². The van der Waals surface area contributed by atoms with Gasteiger partial charge in [-0.3, -0.25) is 14.6 Å². The molecule has 0 N–H and O–H groups in total. The Morgan fingerprint density at radius 1 is 1.22 bits per heavy atom. The number of nitrogens with zero attached hydrogens (tertiary/aromatic N) is 3. The second-order valence-electron chi connectivity index (χ2n) is 7.34. The Bertz CT molecular complexity index is 834. The van der Waals surface area contributed by atoms with Gasteiger partial charge in [-0.15, -0.1) is 0 Å². The van der Waals surface area contributed by atoms with Gasteiger partial charge in [-0.05, 0) is 36.2 Å². The van der Waals surface area contributed by atoms with Crippen LogP contribution in [0.15, 0.2) is 48.8 Å². The van der Waals surface area contributed by atoms with Crippen molar-refractivity contribution in [3.05, 3.63) is 59.9 Å². The highest BCUT2D eigenvalue weighted by Gasteiger charge is 2.41. The molecule has 6 nitrogen and oxygen atoms in total. The molecule has 1 atom stereocenters. The highest BCUT2D eigenvalue weighted by atomic mass is 16.5. The summed E-state index contributed by atoms with van der Waals surface area (Å²) in [7, 11) is 0. The minimum absolute atomic E-state index is 0.0272. The fraction of sp³-hybridized carbons (Fsp3) is 0.381. The third-order valence-corrected chi connectivity index (χ3v) is 5.11. The summed E-state index contributed by atoms with van der Waals surface area (Å²) in [5.41, 5.74) is 2.13. The third kappa shape index (κ3) is 3.94. The van der Waals surface area contributed by atoms with E-state index in [0.717, 1.165) is 16.9 Å². The van der Waals surface area contributed by atoms with Crippen molar-refractivity contribution in [2.24, 2.45) is 5.92 Å². The van der Waals surface area contributed by atoms with E-state index in [2.05, 4.69) is 4.98 Å². The number of ether oxygens (including phenoxy) is 1. The largest absolute Gasteiger partial charge is 0.487 e. The summed E-state index contributed by atoms with van der Waals surface area (Å²) in [5.74, 6) is 0.672. The van der Waals surface area contributed by atoms with Gasteiger partial charge < -0.3 is 14.5 Å². The van der Waals surface area contributed by atoms with Crippen molar-refractivity contribution in [1.29, 1.82) is 0 Å². The summed E-state index contributed by atoms with van der Waals surface area (Å²) in [5, 5.41) is 0. The first kappa shape index (κ1) is 17.5. The first-order chi connectivity index (χ1) is 13.1. The predicted octanol–water partition coefficient (Wildman–Crippen LogP) is 2.03. The Morgan fingerprint density at radius 3 is 2.81 bits per heavy atom. The van der Waals surface area contributed by atoms with Crippen LogP contribution >= 0.6 is 0 Å². The van der Waals surface area contributed by atoms with Crippen molar-refractivity contribution in [3.63, 3.8) is 0 Å². The van der Waals surface area contributed by atoms with Crippen LogP contribution in [-0.4, -0.2) is 52.3 Å². The molecule has 27 heavy (non-hydrogen) atoms. The standard InChI is InChI=1S/C21H23N3O3/c1-15-4-2-6-18(8-15)27-19-13-24(14-19)21(26)17-9-20(25)23(12-17)11-16-5-3-7-22-10-16/h2-8,10,17,19H,9,11-14H2,1H3/t17-/m0/s1. The number of pyridine rings is 1. The van der Waals surface area contributed by atoms with E-state index >= 15 is 0 Å². The molecule has 0 spiro atoms. The Morgan fingerprint density at radius 2 is 2.07 bits per heavy atom. The summed E-state index contributed by atoms with van der Waals surface area (Å²) in [4.78, 5) is 32.6. The number of amides is 2. The topological polar surface area (TPSA) is 62.7 Å². The molecule has 0 radical (unpaired) electrons. The van der Waals surface area contributed by atoms with Crippen molar-refractivity contribution < 1.29 is 14.3 Å². The number of benzene rings is 1. The van der Waals surface area contributed by atoms with Gasteiger partial charge in [-0.2, -0.15) is 0 Å². The van der Waals surface area contributed by atoms with Crippen LogP contribution in [0.25, 0.3) is 0 Å². The fourth-order valence-corrected chi connectivity index (χ4v) is 3.63. The van der Waals surface area contributed by atoms with E-state index < -0.39 is 0 Å². The molecule has 0 saturated carbocycles. The summed E-state index contributed by atoms with van der Waals surface area (Å²) >= 11 is 0. The summed E-state index contributed by atoms with van der Waals surface area (Å²) in [6.07, 6.45) is 3.78. The molecule has 2 saturated heterocycles. The molecule has 2 aliphatic rings. The highest BCUT2D eigenvalue weighted by molar-refractivity contribution is 5.89. The normalized spacial score (nSPS) is 19.9. The molecule has 2 aliphatic heterocycles. The second-order valence-corrected chi connectivity index (χ2v) is 7.34. The lowest BCUT2D eigenvalue weighted by Gasteiger charge is -2.40. The van der Waals surface area contributed by atoms with E-state index in [1.807, 2.05) is 43.3 Å². The van der Waals surface area contributed by atoms with E-state index in [1.165, 1.54) is 0 Å². The minimum Gasteiger partial charge on any atom is -0.487 e. The van der Waals surface area contributed by atoms with Gasteiger partial charge in [0.1, 0.15) is 11.9 Å². The van der Waals surface area contributed by atoms with Crippen LogP contribution in [0.4, 0.5) is 0 Å². The molecule has 4 rings (SSSR count). The highest BCUT2D eigenvalue weighted by Crippen LogP contribution is 2.26. The molecular weight excluding hydrogens is 342 g/mol. The maximum atomic E-state index is 12.7. The van der Waals surface area contributed by atoms with Gasteiger partial charge in [0.25, 0.3) is 0 Å². The lowest BCUT2D eigenvalue weighted by Crippen LogP contribution is -2.57. The van der Waals surface area contributed by atoms with Gasteiger partial charge in [0.2, 0.25) is 11.8 Å². The Labute approximate surface area is 158 Å². The van der Waals surface area contributed by atoms with E-state index in [0.29, 0.717) is 32.6 Å². The molecule has 140 valence electrons. The number of carbonyl (C=O) groups is 2. The van der Waals surface area contributed by atoms with Crippen LogP contribution < -0.4 is 4.74 Å². The first-order valence-electron chi connectivity index (χ1n) is 9.27. The zero-order valence-corrected chi connectivity index (χ0v) is 15.4. The molecular formula is C21H23N3O3. The second kappa shape index (κ2) is 7.39. The van der Waals surface area contributed by atoms with Gasteiger partial charge in [0.05, 0.1) is 19.0 Å². The first-order valence-corrected chi connectivity index (χ1v) is 9.27. The zero-order valence-electron chi connectivity index (χ0n) is 15.4. The maximum Gasteiger partial charge on any atom is 0.228 e. The summed E-state index contributed by atoms with van der Waals surface area (Å²) in [6, 6.07) is 11.7. The minimum atomic E-state index is -0.255. The van der Waals surface area contributed by atoms with Crippen molar-refractivity contribution in [2.45, 2.75) is 26.0 Å². The SMILES string of the molecule is Cc1cccc(OC2CN(C(=O)[C@H]3CC(=O)N(Cc4cccnc4)C3)C2)c1. The van der Waals surface area contributed by atoms with Crippen molar-refractivity contribution >= 4 is 11.8 Å². The Balaban J connectivity index is 1.28. The van der Waals surface area contributed by atoms with Crippen molar-refractivity contribution in [3.8, 4) is 5.75 Å². The zero-order chi connectivity index (χ0) is 18.8. The van der Waals surface area contributed by atoms with Crippen molar-refractivity contribution in [1.82, 2.24) is 14.8 Å². The number of hydrogen-bond donors (Lipinski definition) is 0. The maximum absolute atomic E-state index is 12.7. The van der Waals surface area contributed by atoms with Crippen LogP contribution in [-0.2, 0) is 16.1 Å². The molecule has 2 fully saturated rings. The average molecular weight is 365 g/mol. The Kier molecular flexibility index (Phi) is 4.79. The van der Waals surface area contributed by atoms with Gasteiger partial charge >= 0.3 is 0 Å². The molecule has 2 amide bonds. The number of aromatic nitrogens is 1. The van der Waals surface area contributed by atoms with Crippen molar-refractivity contribution in [2.75, 3.05) is 19.6 Å². The van der Waals surface area contributed by atoms with Crippen LogP contribution in [0.1, 0.15) is 17.5 Å². The smallest absolute Gasteiger partial charge is 0.228 e. The van der Waals surface area contributed by atoms with Crippen LogP contribution in [0.3, 0.4) is 0 Å².